The van der Waals surface area contributed by atoms with Crippen molar-refractivity contribution in [2.24, 2.45) is 0 Å². The summed E-state index contributed by atoms with van der Waals surface area (Å²) < 4.78 is 4.96. The Morgan fingerprint density at radius 2 is 2.21 bits per heavy atom. The number of carbonyl (C=O) groups excluding carboxylic acids is 1. The molecule has 1 heterocycles. The molecule has 2 rings (SSSR count). The number of nitrogens with one attached hydrogen (secondary N) is 1. The summed E-state index contributed by atoms with van der Waals surface area (Å²) in [5.74, 6) is 0.823. The number of nitro benzene ring substituents is 1. The highest BCUT2D eigenvalue weighted by Crippen LogP contribution is 2.29. The molecule has 0 atom stereocenters. The van der Waals surface area contributed by atoms with E-state index >= 15 is 0 Å². The van der Waals surface area contributed by atoms with Gasteiger partial charge in [-0.3, -0.25) is 14.9 Å². The van der Waals surface area contributed by atoms with Gasteiger partial charge < -0.3 is 10.1 Å². The van der Waals surface area contributed by atoms with Crippen LogP contribution in [0.3, 0.4) is 0 Å². The number of thiazole rings is 1. The molecule has 128 valence electrons. The molecule has 0 unspecified atom stereocenters. The van der Waals surface area contributed by atoms with E-state index in [9.17, 15) is 14.9 Å². The van der Waals surface area contributed by atoms with Gasteiger partial charge in [-0.1, -0.05) is 6.07 Å². The average molecular weight is 367 g/mol. The van der Waals surface area contributed by atoms with Gasteiger partial charge >= 0.3 is 5.69 Å². The molecule has 0 spiro atoms. The highest BCUT2D eigenvalue weighted by Gasteiger charge is 2.15. The minimum atomic E-state index is -0.479. The molecular weight excluding hydrogens is 350 g/mol. The Bertz CT molecular complexity index is 742. The molecule has 0 aliphatic heterocycles. The van der Waals surface area contributed by atoms with Gasteiger partial charge in [0.05, 0.1) is 23.5 Å². The lowest BCUT2D eigenvalue weighted by Gasteiger charge is -2.05. The second-order valence-corrected chi connectivity index (χ2v) is 7.15. The van der Waals surface area contributed by atoms with Crippen LogP contribution in [0.25, 0.3) is 0 Å². The first-order valence-corrected chi connectivity index (χ1v) is 9.00. The molecule has 0 aliphatic carbocycles. The number of thioether (sulfide) groups is 1. The van der Waals surface area contributed by atoms with E-state index in [1.165, 1.54) is 36.3 Å². The van der Waals surface area contributed by atoms with Crippen LogP contribution in [0.1, 0.15) is 16.1 Å². The second-order valence-electron chi connectivity index (χ2n) is 4.96. The number of nitro groups is 1. The normalized spacial score (nSPS) is 10.5. The fourth-order valence-corrected chi connectivity index (χ4v) is 3.52. The van der Waals surface area contributed by atoms with Gasteiger partial charge in [0, 0.05) is 16.7 Å². The lowest BCUT2D eigenvalue weighted by Crippen LogP contribution is -2.14. The molecule has 1 aromatic carbocycles. The number of hydrogen-bond donors (Lipinski definition) is 1. The summed E-state index contributed by atoms with van der Waals surface area (Å²) in [5.41, 5.74) is 1.60. The third kappa shape index (κ3) is 4.68. The zero-order valence-electron chi connectivity index (χ0n) is 13.5. The zero-order valence-corrected chi connectivity index (χ0v) is 15.1. The molecule has 24 heavy (non-hydrogen) atoms. The van der Waals surface area contributed by atoms with Crippen molar-refractivity contribution in [3.8, 4) is 5.75 Å². The van der Waals surface area contributed by atoms with Crippen molar-refractivity contribution in [1.29, 1.82) is 0 Å². The number of aryl methyl sites for hydroxylation is 2. The quantitative estimate of drug-likeness (QED) is 0.594. The van der Waals surface area contributed by atoms with Crippen LogP contribution in [0, 0.1) is 24.0 Å². The standard InChI is InChI=1S/C15H17N3O4S2/c1-9-10(2)24-15(16-9)17-14(19)8-23-7-11-4-5-13(22-3)12(6-11)18(20)21/h4-6H,7-8H2,1-3H3,(H,16,17,19). The van der Waals surface area contributed by atoms with Crippen LogP contribution < -0.4 is 10.1 Å². The van der Waals surface area contributed by atoms with Crippen molar-refractivity contribution < 1.29 is 14.5 Å². The van der Waals surface area contributed by atoms with Crippen molar-refractivity contribution in [3.05, 3.63) is 44.4 Å². The highest BCUT2D eigenvalue weighted by atomic mass is 32.2. The van der Waals surface area contributed by atoms with Crippen molar-refractivity contribution in [2.45, 2.75) is 19.6 Å². The van der Waals surface area contributed by atoms with E-state index in [1.807, 2.05) is 13.8 Å². The van der Waals surface area contributed by atoms with Gasteiger partial charge in [-0.15, -0.1) is 23.1 Å². The van der Waals surface area contributed by atoms with Crippen LogP contribution in [0.5, 0.6) is 5.75 Å². The van der Waals surface area contributed by atoms with E-state index in [2.05, 4.69) is 10.3 Å². The molecule has 0 radical (unpaired) electrons. The van der Waals surface area contributed by atoms with Crippen LogP contribution in [0.15, 0.2) is 18.2 Å². The van der Waals surface area contributed by atoms with Gasteiger partial charge in [0.1, 0.15) is 0 Å². The summed E-state index contributed by atoms with van der Waals surface area (Å²) in [7, 11) is 1.39. The predicted octanol–water partition coefficient (Wildman–Crippen LogP) is 3.55. The van der Waals surface area contributed by atoms with Gasteiger partial charge in [0.25, 0.3) is 0 Å². The molecule has 2 aromatic rings. The summed E-state index contributed by atoms with van der Waals surface area (Å²) in [6, 6.07) is 4.79. The van der Waals surface area contributed by atoms with Crippen molar-refractivity contribution in [2.75, 3.05) is 18.2 Å². The van der Waals surface area contributed by atoms with Crippen molar-refractivity contribution in [1.82, 2.24) is 4.98 Å². The summed E-state index contributed by atoms with van der Waals surface area (Å²) in [6.07, 6.45) is 0. The van der Waals surface area contributed by atoms with E-state index < -0.39 is 4.92 Å². The molecule has 0 saturated heterocycles. The predicted molar refractivity (Wildman–Crippen MR) is 96.0 cm³/mol. The molecule has 9 heteroatoms. The van der Waals surface area contributed by atoms with Gasteiger partial charge in [-0.25, -0.2) is 4.98 Å². The highest BCUT2D eigenvalue weighted by molar-refractivity contribution is 7.99. The van der Waals surface area contributed by atoms with E-state index in [0.29, 0.717) is 10.9 Å². The number of carbonyl (C=O) groups is 1. The molecule has 0 bridgehead atoms. The Kier molecular flexibility index (Phi) is 6.16. The minimum Gasteiger partial charge on any atom is -0.490 e. The van der Waals surface area contributed by atoms with Gasteiger partial charge in [0.15, 0.2) is 10.9 Å². The minimum absolute atomic E-state index is 0.0752. The first-order chi connectivity index (χ1) is 11.4. The fraction of sp³-hybridized carbons (Fsp3) is 0.333. The Morgan fingerprint density at radius 1 is 1.46 bits per heavy atom. The third-order valence-corrected chi connectivity index (χ3v) is 5.21. The average Bonchev–Trinajstić information content (AvgIpc) is 2.84. The Hall–Kier alpha value is -2.13. The second kappa shape index (κ2) is 8.11. The summed E-state index contributed by atoms with van der Waals surface area (Å²) in [5, 5.41) is 14.3. The number of anilines is 1. The number of rotatable bonds is 7. The maximum atomic E-state index is 11.9. The van der Waals surface area contributed by atoms with E-state index in [0.717, 1.165) is 16.1 Å². The van der Waals surface area contributed by atoms with Gasteiger partial charge in [-0.05, 0) is 25.5 Å². The number of methoxy groups -OCH3 is 1. The molecule has 0 saturated carbocycles. The molecule has 0 fully saturated rings. The van der Waals surface area contributed by atoms with Crippen LogP contribution in [-0.2, 0) is 10.5 Å². The SMILES string of the molecule is COc1ccc(CSCC(=O)Nc2nc(C)c(C)s2)cc1[N+](=O)[O-]. The van der Waals surface area contributed by atoms with Gasteiger partial charge in [-0.2, -0.15) is 0 Å². The maximum absolute atomic E-state index is 11.9. The van der Waals surface area contributed by atoms with Crippen LogP contribution in [-0.4, -0.2) is 28.7 Å². The largest absolute Gasteiger partial charge is 0.490 e. The lowest BCUT2D eigenvalue weighted by molar-refractivity contribution is -0.385. The van der Waals surface area contributed by atoms with Crippen LogP contribution >= 0.6 is 23.1 Å². The molecule has 7 nitrogen and oxygen atoms in total. The van der Waals surface area contributed by atoms with E-state index in [-0.39, 0.29) is 23.1 Å². The smallest absolute Gasteiger partial charge is 0.311 e. The number of amides is 1. The van der Waals surface area contributed by atoms with E-state index in [4.69, 9.17) is 4.74 Å². The van der Waals surface area contributed by atoms with Crippen molar-refractivity contribution in [3.63, 3.8) is 0 Å². The topological polar surface area (TPSA) is 94.4 Å². The Labute approximate surface area is 147 Å². The molecule has 1 aromatic heterocycles. The maximum Gasteiger partial charge on any atom is 0.311 e. The summed E-state index contributed by atoms with van der Waals surface area (Å²) in [6.45, 7) is 3.85. The van der Waals surface area contributed by atoms with Crippen molar-refractivity contribution >= 4 is 39.8 Å². The summed E-state index contributed by atoms with van der Waals surface area (Å²) in [4.78, 5) is 27.8. The zero-order chi connectivity index (χ0) is 17.7. The first-order valence-electron chi connectivity index (χ1n) is 7.03. The van der Waals surface area contributed by atoms with Gasteiger partial charge in [0.2, 0.25) is 5.91 Å². The van der Waals surface area contributed by atoms with E-state index in [1.54, 1.807) is 12.1 Å². The van der Waals surface area contributed by atoms with Crippen LogP contribution in [0.4, 0.5) is 10.8 Å². The number of benzene rings is 1. The Morgan fingerprint density at radius 3 is 2.79 bits per heavy atom. The number of nitrogens with zero attached hydrogens (tertiary/aromatic N) is 2. The molecule has 0 aliphatic rings. The number of ether oxygens (including phenoxy) is 1. The molecule has 1 amide bonds. The summed E-state index contributed by atoms with van der Waals surface area (Å²) >= 11 is 2.82. The Balaban J connectivity index is 1.88. The number of hydrogen-bond acceptors (Lipinski definition) is 7. The number of aromatic nitrogens is 1. The first kappa shape index (κ1) is 18.2. The van der Waals surface area contributed by atoms with Crippen LogP contribution in [0.2, 0.25) is 0 Å². The monoisotopic (exact) mass is 367 g/mol. The third-order valence-electron chi connectivity index (χ3n) is 3.22. The molecular formula is C15H17N3O4S2. The fourth-order valence-electron chi connectivity index (χ4n) is 1.91. The molecule has 1 N–H and O–H groups in total. The lowest BCUT2D eigenvalue weighted by atomic mass is 10.2.